The number of hydrogen-bond donors (Lipinski definition) is 3. The van der Waals surface area contributed by atoms with Gasteiger partial charge in [-0.1, -0.05) is 11.6 Å². The molecule has 1 saturated heterocycles. The van der Waals surface area contributed by atoms with E-state index in [0.717, 1.165) is 6.42 Å². The Balaban J connectivity index is 1.87. The minimum atomic E-state index is -0.490. The molecule has 8 heteroatoms. The van der Waals surface area contributed by atoms with Crippen molar-refractivity contribution in [3.05, 3.63) is 11.2 Å². The molecule has 0 bridgehead atoms. The molecule has 1 amide bonds. The normalized spacial score (nSPS) is 22.9. The second kappa shape index (κ2) is 5.36. The van der Waals surface area contributed by atoms with Gasteiger partial charge in [0.05, 0.1) is 6.10 Å². The summed E-state index contributed by atoms with van der Waals surface area (Å²) in [7, 11) is 0. The molecule has 2 rings (SSSR count). The summed E-state index contributed by atoms with van der Waals surface area (Å²) in [5.74, 6) is 0.206. The lowest BCUT2D eigenvalue weighted by Crippen LogP contribution is -2.30. The van der Waals surface area contributed by atoms with Crippen molar-refractivity contribution in [2.45, 2.75) is 25.0 Å². The van der Waals surface area contributed by atoms with Gasteiger partial charge in [0.1, 0.15) is 17.1 Å². The van der Waals surface area contributed by atoms with Crippen LogP contribution in [0, 0.1) is 0 Å². The number of carbonyl (C=O) groups is 1. The predicted molar refractivity (Wildman–Crippen MR) is 67.0 cm³/mol. The number of anilines is 2. The molecule has 0 spiro atoms. The van der Waals surface area contributed by atoms with E-state index in [-0.39, 0.29) is 17.2 Å². The molecule has 2 unspecified atom stereocenters. The number of nitrogens with zero attached hydrogens (tertiary/aromatic N) is 2. The zero-order chi connectivity index (χ0) is 13.1. The topological polar surface area (TPSA) is 116 Å². The fraction of sp³-hybridized carbons (Fsp3) is 0.500. The van der Waals surface area contributed by atoms with Crippen molar-refractivity contribution in [1.29, 1.82) is 0 Å². The van der Waals surface area contributed by atoms with Gasteiger partial charge in [0.15, 0.2) is 0 Å². The highest BCUT2D eigenvalue weighted by molar-refractivity contribution is 6.29. The molecule has 1 aromatic heterocycles. The molecule has 98 valence electrons. The fourth-order valence-corrected chi connectivity index (χ4v) is 2.00. The van der Waals surface area contributed by atoms with Gasteiger partial charge in [-0.3, -0.25) is 4.79 Å². The SMILES string of the molecule is NC(=O)C1CCC(CNc2cc(Cl)nc(N)n2)O1. The third-order valence-corrected chi connectivity index (χ3v) is 2.84. The molecule has 1 aliphatic rings. The van der Waals surface area contributed by atoms with E-state index in [2.05, 4.69) is 15.3 Å². The summed E-state index contributed by atoms with van der Waals surface area (Å²) in [6.07, 6.45) is 0.858. The van der Waals surface area contributed by atoms with Crippen LogP contribution in [0.15, 0.2) is 6.07 Å². The molecule has 0 aliphatic carbocycles. The molecular weight excluding hydrogens is 258 g/mol. The van der Waals surface area contributed by atoms with Gasteiger partial charge in [0.25, 0.3) is 0 Å². The number of rotatable bonds is 4. The van der Waals surface area contributed by atoms with Crippen LogP contribution in [0.2, 0.25) is 5.15 Å². The van der Waals surface area contributed by atoms with Crippen LogP contribution >= 0.6 is 11.6 Å². The number of ether oxygens (including phenoxy) is 1. The molecule has 7 nitrogen and oxygen atoms in total. The number of amides is 1. The number of aromatic nitrogens is 2. The van der Waals surface area contributed by atoms with Crippen molar-refractivity contribution in [3.8, 4) is 0 Å². The number of primary amides is 1. The first kappa shape index (κ1) is 12.8. The maximum atomic E-state index is 10.9. The van der Waals surface area contributed by atoms with Gasteiger partial charge in [-0.15, -0.1) is 0 Å². The standard InChI is InChI=1S/C10H14ClN5O2/c11-7-3-8(16-10(13)15-7)14-4-5-1-2-6(18-5)9(12)17/h3,5-6H,1-2,4H2,(H2,12,17)(H3,13,14,15,16). The first-order chi connectivity index (χ1) is 8.54. The van der Waals surface area contributed by atoms with Crippen LogP contribution in [0.4, 0.5) is 11.8 Å². The van der Waals surface area contributed by atoms with Gasteiger partial charge < -0.3 is 21.5 Å². The van der Waals surface area contributed by atoms with Gasteiger partial charge in [0, 0.05) is 12.6 Å². The lowest BCUT2D eigenvalue weighted by atomic mass is 10.2. The Labute approximate surface area is 109 Å². The Bertz CT molecular complexity index is 436. The Morgan fingerprint density at radius 3 is 2.94 bits per heavy atom. The van der Waals surface area contributed by atoms with Crippen molar-refractivity contribution in [3.63, 3.8) is 0 Å². The zero-order valence-electron chi connectivity index (χ0n) is 9.60. The lowest BCUT2D eigenvalue weighted by molar-refractivity contribution is -0.128. The molecule has 1 fully saturated rings. The molecule has 5 N–H and O–H groups in total. The Hall–Kier alpha value is -1.60. The second-order valence-corrected chi connectivity index (χ2v) is 4.43. The minimum absolute atomic E-state index is 0.0718. The monoisotopic (exact) mass is 271 g/mol. The van der Waals surface area contributed by atoms with Crippen LogP contribution < -0.4 is 16.8 Å². The third kappa shape index (κ3) is 3.21. The maximum absolute atomic E-state index is 10.9. The van der Waals surface area contributed by atoms with E-state index in [1.165, 1.54) is 0 Å². The molecule has 18 heavy (non-hydrogen) atoms. The van der Waals surface area contributed by atoms with Crippen molar-refractivity contribution < 1.29 is 9.53 Å². The average Bonchev–Trinajstić information content (AvgIpc) is 2.73. The Morgan fingerprint density at radius 1 is 1.56 bits per heavy atom. The first-order valence-electron chi connectivity index (χ1n) is 5.53. The molecule has 0 aromatic carbocycles. The maximum Gasteiger partial charge on any atom is 0.246 e. The van der Waals surface area contributed by atoms with E-state index in [9.17, 15) is 4.79 Å². The van der Waals surface area contributed by atoms with Crippen molar-refractivity contribution in [1.82, 2.24) is 9.97 Å². The largest absolute Gasteiger partial charge is 0.368 e. The third-order valence-electron chi connectivity index (χ3n) is 2.65. The summed E-state index contributed by atoms with van der Waals surface area (Å²) in [5.41, 5.74) is 10.6. The minimum Gasteiger partial charge on any atom is -0.368 e. The zero-order valence-corrected chi connectivity index (χ0v) is 10.4. The van der Waals surface area contributed by atoms with E-state index in [1.54, 1.807) is 6.07 Å². The van der Waals surface area contributed by atoms with Crippen molar-refractivity contribution in [2.24, 2.45) is 5.73 Å². The smallest absolute Gasteiger partial charge is 0.246 e. The van der Waals surface area contributed by atoms with Crippen LogP contribution in [0.1, 0.15) is 12.8 Å². The molecule has 1 aromatic rings. The van der Waals surface area contributed by atoms with Crippen LogP contribution in [-0.2, 0) is 9.53 Å². The number of hydrogen-bond acceptors (Lipinski definition) is 6. The van der Waals surface area contributed by atoms with Gasteiger partial charge >= 0.3 is 0 Å². The summed E-state index contributed by atoms with van der Waals surface area (Å²) in [4.78, 5) is 18.7. The molecule has 0 radical (unpaired) electrons. The van der Waals surface area contributed by atoms with Gasteiger partial charge in [0.2, 0.25) is 11.9 Å². The van der Waals surface area contributed by atoms with Gasteiger partial charge in [-0.05, 0) is 12.8 Å². The van der Waals surface area contributed by atoms with E-state index in [0.29, 0.717) is 18.8 Å². The molecule has 0 saturated carbocycles. The highest BCUT2D eigenvalue weighted by Gasteiger charge is 2.28. The van der Waals surface area contributed by atoms with Gasteiger partial charge in [-0.25, -0.2) is 4.98 Å². The van der Waals surface area contributed by atoms with Crippen LogP contribution in [-0.4, -0.2) is 34.6 Å². The van der Waals surface area contributed by atoms with E-state index >= 15 is 0 Å². The fourth-order valence-electron chi connectivity index (χ4n) is 1.81. The number of nitrogen functional groups attached to an aromatic ring is 1. The first-order valence-corrected chi connectivity index (χ1v) is 5.91. The summed E-state index contributed by atoms with van der Waals surface area (Å²) in [6.45, 7) is 0.510. The lowest BCUT2D eigenvalue weighted by Gasteiger charge is -2.13. The number of nitrogens with one attached hydrogen (secondary N) is 1. The highest BCUT2D eigenvalue weighted by Crippen LogP contribution is 2.20. The molecule has 2 atom stereocenters. The molecular formula is C10H14ClN5O2. The average molecular weight is 272 g/mol. The Morgan fingerprint density at radius 2 is 2.33 bits per heavy atom. The number of nitrogens with two attached hydrogens (primary N) is 2. The van der Waals surface area contributed by atoms with Crippen molar-refractivity contribution in [2.75, 3.05) is 17.6 Å². The van der Waals surface area contributed by atoms with E-state index in [4.69, 9.17) is 27.8 Å². The summed E-state index contributed by atoms with van der Waals surface area (Å²) in [6, 6.07) is 1.57. The second-order valence-electron chi connectivity index (χ2n) is 4.04. The predicted octanol–water partition coefficient (Wildman–Crippen LogP) is 0.157. The van der Waals surface area contributed by atoms with E-state index in [1.807, 2.05) is 0 Å². The summed E-state index contributed by atoms with van der Waals surface area (Å²) < 4.78 is 5.46. The van der Waals surface area contributed by atoms with E-state index < -0.39 is 12.0 Å². The molecule has 1 aliphatic heterocycles. The highest BCUT2D eigenvalue weighted by atomic mass is 35.5. The molecule has 2 heterocycles. The quantitative estimate of drug-likeness (QED) is 0.672. The number of halogens is 1. The van der Waals surface area contributed by atoms with Crippen molar-refractivity contribution >= 4 is 29.3 Å². The van der Waals surface area contributed by atoms with Crippen LogP contribution in [0.3, 0.4) is 0 Å². The Kier molecular flexibility index (Phi) is 3.83. The van der Waals surface area contributed by atoms with Gasteiger partial charge in [-0.2, -0.15) is 4.98 Å². The summed E-state index contributed by atoms with van der Waals surface area (Å²) in [5, 5.41) is 3.31. The summed E-state index contributed by atoms with van der Waals surface area (Å²) >= 11 is 5.75. The van der Waals surface area contributed by atoms with Crippen LogP contribution in [0.5, 0.6) is 0 Å². The number of carbonyl (C=O) groups excluding carboxylic acids is 1. The van der Waals surface area contributed by atoms with Crippen LogP contribution in [0.25, 0.3) is 0 Å².